The highest BCUT2D eigenvalue weighted by Gasteiger charge is 2.31. The summed E-state index contributed by atoms with van der Waals surface area (Å²) in [5, 5.41) is 0. The zero-order valence-electron chi connectivity index (χ0n) is 16.5. The van der Waals surface area contributed by atoms with Gasteiger partial charge in [0, 0.05) is 26.2 Å². The van der Waals surface area contributed by atoms with E-state index in [1.54, 1.807) is 49.4 Å². The SMILES string of the molecule is Cc1ccc(S(=O)(=O)N2CCN(C(=O)COC(=O)c3ccccc3)CC2)c(C)c1. The normalized spacial score (nSPS) is 15.2. The molecular weight excluding hydrogens is 392 g/mol. The minimum absolute atomic E-state index is 0.202. The average Bonchev–Trinajstić information content (AvgIpc) is 2.72. The molecule has 1 aliphatic rings. The average molecular weight is 416 g/mol. The third kappa shape index (κ3) is 4.83. The molecule has 0 aromatic heterocycles. The lowest BCUT2D eigenvalue weighted by Gasteiger charge is -2.34. The van der Waals surface area contributed by atoms with Crippen LogP contribution in [0.25, 0.3) is 0 Å². The van der Waals surface area contributed by atoms with Crippen LogP contribution in [0.1, 0.15) is 21.5 Å². The summed E-state index contributed by atoms with van der Waals surface area (Å²) in [5.41, 5.74) is 2.09. The van der Waals surface area contributed by atoms with Gasteiger partial charge < -0.3 is 9.64 Å². The standard InChI is InChI=1S/C21H24N2O5S/c1-16-8-9-19(17(2)14-16)29(26,27)23-12-10-22(11-13-23)20(24)15-28-21(25)18-6-4-3-5-7-18/h3-9,14H,10-13,15H2,1-2H3. The van der Waals surface area contributed by atoms with E-state index in [1.165, 1.54) is 9.21 Å². The van der Waals surface area contributed by atoms with Gasteiger partial charge in [0.05, 0.1) is 10.5 Å². The molecule has 0 bridgehead atoms. The van der Waals surface area contributed by atoms with Crippen molar-refractivity contribution in [1.82, 2.24) is 9.21 Å². The molecule has 1 amide bonds. The van der Waals surface area contributed by atoms with E-state index >= 15 is 0 Å². The van der Waals surface area contributed by atoms with Gasteiger partial charge in [-0.2, -0.15) is 4.31 Å². The highest BCUT2D eigenvalue weighted by atomic mass is 32.2. The van der Waals surface area contributed by atoms with Crippen LogP contribution >= 0.6 is 0 Å². The number of rotatable bonds is 5. The lowest BCUT2D eigenvalue weighted by Crippen LogP contribution is -2.51. The minimum Gasteiger partial charge on any atom is -0.452 e. The number of nitrogens with zero attached hydrogens (tertiary/aromatic N) is 2. The van der Waals surface area contributed by atoms with Crippen molar-refractivity contribution in [2.45, 2.75) is 18.7 Å². The van der Waals surface area contributed by atoms with E-state index in [4.69, 9.17) is 4.74 Å². The Morgan fingerprint density at radius 1 is 0.966 bits per heavy atom. The van der Waals surface area contributed by atoms with Crippen molar-refractivity contribution in [1.29, 1.82) is 0 Å². The zero-order chi connectivity index (χ0) is 21.0. The molecule has 1 fully saturated rings. The van der Waals surface area contributed by atoms with Crippen molar-refractivity contribution in [2.24, 2.45) is 0 Å². The van der Waals surface area contributed by atoms with Gasteiger partial charge in [-0.05, 0) is 37.6 Å². The fraction of sp³-hybridized carbons (Fsp3) is 0.333. The van der Waals surface area contributed by atoms with Crippen molar-refractivity contribution in [3.63, 3.8) is 0 Å². The summed E-state index contributed by atoms with van der Waals surface area (Å²) in [6.45, 7) is 4.25. The first-order valence-electron chi connectivity index (χ1n) is 9.36. The predicted octanol–water partition coefficient (Wildman–Crippen LogP) is 1.99. The van der Waals surface area contributed by atoms with Gasteiger partial charge in [0.1, 0.15) is 0 Å². The molecule has 3 rings (SSSR count). The number of carbonyl (C=O) groups excluding carboxylic acids is 2. The number of sulfonamides is 1. The van der Waals surface area contributed by atoms with Crippen LogP contribution in [-0.4, -0.2) is 62.3 Å². The first-order valence-corrected chi connectivity index (χ1v) is 10.8. The summed E-state index contributed by atoms with van der Waals surface area (Å²) in [5.74, 6) is -0.896. The molecule has 1 aliphatic heterocycles. The number of hydrogen-bond acceptors (Lipinski definition) is 5. The molecule has 0 N–H and O–H groups in total. The van der Waals surface area contributed by atoms with Crippen molar-refractivity contribution in [2.75, 3.05) is 32.8 Å². The lowest BCUT2D eigenvalue weighted by molar-refractivity contribution is -0.135. The van der Waals surface area contributed by atoms with Crippen molar-refractivity contribution in [3.8, 4) is 0 Å². The maximum Gasteiger partial charge on any atom is 0.338 e. The third-order valence-electron chi connectivity index (χ3n) is 4.88. The van der Waals surface area contributed by atoms with Crippen LogP contribution in [0.3, 0.4) is 0 Å². The Labute approximate surface area is 170 Å². The molecule has 2 aromatic rings. The van der Waals surface area contributed by atoms with E-state index in [1.807, 2.05) is 13.0 Å². The van der Waals surface area contributed by atoms with E-state index in [-0.39, 0.29) is 38.7 Å². The Bertz CT molecular complexity index is 997. The predicted molar refractivity (Wildman–Crippen MR) is 108 cm³/mol. The van der Waals surface area contributed by atoms with E-state index in [9.17, 15) is 18.0 Å². The largest absolute Gasteiger partial charge is 0.452 e. The smallest absolute Gasteiger partial charge is 0.338 e. The zero-order valence-corrected chi connectivity index (χ0v) is 17.3. The van der Waals surface area contributed by atoms with Crippen LogP contribution < -0.4 is 0 Å². The fourth-order valence-corrected chi connectivity index (χ4v) is 4.91. The molecule has 0 saturated carbocycles. The lowest BCUT2D eigenvalue weighted by atomic mass is 10.2. The number of ether oxygens (including phenoxy) is 1. The van der Waals surface area contributed by atoms with Crippen LogP contribution in [-0.2, 0) is 19.6 Å². The number of carbonyl (C=O) groups is 2. The summed E-state index contributed by atoms with van der Waals surface area (Å²) >= 11 is 0. The molecule has 7 nitrogen and oxygen atoms in total. The summed E-state index contributed by atoms with van der Waals surface area (Å²) in [7, 11) is -3.61. The molecule has 0 radical (unpaired) electrons. The Hall–Kier alpha value is -2.71. The van der Waals surface area contributed by atoms with E-state index in [0.29, 0.717) is 16.0 Å². The molecule has 1 saturated heterocycles. The highest BCUT2D eigenvalue weighted by molar-refractivity contribution is 7.89. The van der Waals surface area contributed by atoms with E-state index < -0.39 is 16.0 Å². The Balaban J connectivity index is 1.55. The first-order chi connectivity index (χ1) is 13.8. The summed E-state index contributed by atoms with van der Waals surface area (Å²) < 4.78 is 32.3. The molecule has 1 heterocycles. The molecule has 0 aliphatic carbocycles. The first kappa shape index (κ1) is 21.0. The quantitative estimate of drug-likeness (QED) is 0.696. The molecule has 154 valence electrons. The van der Waals surface area contributed by atoms with Gasteiger partial charge in [-0.25, -0.2) is 13.2 Å². The molecule has 0 unspecified atom stereocenters. The summed E-state index contributed by atoms with van der Waals surface area (Å²) in [6.07, 6.45) is 0. The second-order valence-corrected chi connectivity index (χ2v) is 8.90. The number of amides is 1. The van der Waals surface area contributed by atoms with Crippen molar-refractivity contribution >= 4 is 21.9 Å². The molecular formula is C21H24N2O5S. The van der Waals surface area contributed by atoms with Gasteiger partial charge in [-0.3, -0.25) is 4.79 Å². The maximum atomic E-state index is 12.9. The van der Waals surface area contributed by atoms with Crippen LogP contribution in [0, 0.1) is 13.8 Å². The van der Waals surface area contributed by atoms with Crippen LogP contribution in [0.15, 0.2) is 53.4 Å². The molecule has 0 atom stereocenters. The van der Waals surface area contributed by atoms with Crippen molar-refractivity contribution in [3.05, 3.63) is 65.2 Å². The van der Waals surface area contributed by atoms with Gasteiger partial charge in [-0.15, -0.1) is 0 Å². The maximum absolute atomic E-state index is 12.9. The summed E-state index contributed by atoms with van der Waals surface area (Å²) in [6, 6.07) is 13.7. The Morgan fingerprint density at radius 3 is 2.24 bits per heavy atom. The third-order valence-corrected chi connectivity index (χ3v) is 6.93. The van der Waals surface area contributed by atoms with Crippen LogP contribution in [0.4, 0.5) is 0 Å². The molecule has 8 heteroatoms. The van der Waals surface area contributed by atoms with E-state index in [2.05, 4.69) is 0 Å². The van der Waals surface area contributed by atoms with Gasteiger partial charge in [0.2, 0.25) is 10.0 Å². The van der Waals surface area contributed by atoms with Gasteiger partial charge in [0.25, 0.3) is 5.91 Å². The number of piperazine rings is 1. The molecule has 0 spiro atoms. The van der Waals surface area contributed by atoms with Gasteiger partial charge in [0.15, 0.2) is 6.61 Å². The van der Waals surface area contributed by atoms with Gasteiger partial charge in [-0.1, -0.05) is 35.9 Å². The second kappa shape index (κ2) is 8.75. The van der Waals surface area contributed by atoms with Gasteiger partial charge >= 0.3 is 5.97 Å². The number of aryl methyl sites for hydroxylation is 2. The molecule has 2 aromatic carbocycles. The second-order valence-electron chi connectivity index (χ2n) is 7.00. The minimum atomic E-state index is -3.61. The van der Waals surface area contributed by atoms with Crippen LogP contribution in [0.5, 0.6) is 0 Å². The highest BCUT2D eigenvalue weighted by Crippen LogP contribution is 2.22. The van der Waals surface area contributed by atoms with E-state index in [0.717, 1.165) is 5.56 Å². The topological polar surface area (TPSA) is 84.0 Å². The fourth-order valence-electron chi connectivity index (χ4n) is 3.28. The van der Waals surface area contributed by atoms with Crippen molar-refractivity contribution < 1.29 is 22.7 Å². The monoisotopic (exact) mass is 416 g/mol. The van der Waals surface area contributed by atoms with Crippen LogP contribution in [0.2, 0.25) is 0 Å². The number of esters is 1. The molecule has 29 heavy (non-hydrogen) atoms. The Kier molecular flexibility index (Phi) is 6.34. The summed E-state index contributed by atoms with van der Waals surface area (Å²) in [4.78, 5) is 26.1. The Morgan fingerprint density at radius 2 is 1.62 bits per heavy atom. The number of hydrogen-bond donors (Lipinski definition) is 0. The number of benzene rings is 2.